The maximum atomic E-state index is 11.3. The Bertz CT molecular complexity index is 1160. The Morgan fingerprint density at radius 2 is 1.65 bits per heavy atom. The van der Waals surface area contributed by atoms with Gasteiger partial charge < -0.3 is 19.0 Å². The van der Waals surface area contributed by atoms with Crippen molar-refractivity contribution in [2.24, 2.45) is 0 Å². The van der Waals surface area contributed by atoms with Gasteiger partial charge in [0.15, 0.2) is 5.60 Å². The molecule has 8 heteroatoms. The fourth-order valence-corrected chi connectivity index (χ4v) is 3.69. The Hall–Kier alpha value is -3.00. The maximum Gasteiger partial charge on any atom is 0.347 e. The van der Waals surface area contributed by atoms with Gasteiger partial charge in [0.25, 0.3) is 0 Å². The van der Waals surface area contributed by atoms with E-state index in [-0.39, 0.29) is 0 Å². The van der Waals surface area contributed by atoms with Gasteiger partial charge in [0.05, 0.1) is 6.26 Å². The lowest BCUT2D eigenvalue weighted by atomic mass is 10.1. The van der Waals surface area contributed by atoms with E-state index in [2.05, 4.69) is 4.98 Å². The van der Waals surface area contributed by atoms with E-state index >= 15 is 0 Å². The highest BCUT2D eigenvalue weighted by atomic mass is 32.2. The van der Waals surface area contributed by atoms with Crippen LogP contribution in [0.3, 0.4) is 0 Å². The normalized spacial score (nSPS) is 12.1. The van der Waals surface area contributed by atoms with Crippen LogP contribution >= 0.6 is 0 Å². The minimum absolute atomic E-state index is 0.305. The second kappa shape index (κ2) is 9.01. The van der Waals surface area contributed by atoms with Crippen LogP contribution < -0.4 is 8.92 Å². The number of nitrogens with one attached hydrogen (secondary N) is 1. The van der Waals surface area contributed by atoms with E-state index in [1.807, 2.05) is 24.3 Å². The van der Waals surface area contributed by atoms with Gasteiger partial charge >= 0.3 is 16.1 Å². The number of carboxylic acid groups (broad SMARTS) is 1. The van der Waals surface area contributed by atoms with Gasteiger partial charge in [-0.2, -0.15) is 8.42 Å². The first-order chi connectivity index (χ1) is 14.5. The number of hydrogen-bond donors (Lipinski definition) is 2. The number of fused-ring (bicyclic) bond motifs is 1. The molecule has 0 atom stereocenters. The summed E-state index contributed by atoms with van der Waals surface area (Å²) in [6, 6.07) is 14.7. The van der Waals surface area contributed by atoms with Gasteiger partial charge in [0, 0.05) is 16.6 Å². The zero-order chi connectivity index (χ0) is 22.6. The number of carboxylic acids is 1. The summed E-state index contributed by atoms with van der Waals surface area (Å²) in [5, 5.41) is 10.1. The molecular formula is C23H27NO6S. The molecule has 0 fully saturated rings. The van der Waals surface area contributed by atoms with Crippen molar-refractivity contribution in [3.63, 3.8) is 0 Å². The number of carbonyl (C=O) groups is 1. The molecule has 31 heavy (non-hydrogen) atoms. The van der Waals surface area contributed by atoms with Crippen molar-refractivity contribution >= 4 is 27.0 Å². The molecule has 0 saturated carbocycles. The summed E-state index contributed by atoms with van der Waals surface area (Å²) in [6.45, 7) is 3.04. The number of ether oxygens (including phenoxy) is 1. The third-order valence-corrected chi connectivity index (χ3v) is 5.36. The molecule has 0 spiro atoms. The minimum Gasteiger partial charge on any atom is -0.478 e. The molecule has 3 rings (SSSR count). The summed E-state index contributed by atoms with van der Waals surface area (Å²) < 4.78 is 33.0. The monoisotopic (exact) mass is 445 g/mol. The van der Waals surface area contributed by atoms with Crippen LogP contribution in [0.15, 0.2) is 48.5 Å². The maximum absolute atomic E-state index is 11.3. The molecule has 0 radical (unpaired) electrons. The van der Waals surface area contributed by atoms with Crippen LogP contribution in [0.1, 0.15) is 37.9 Å². The van der Waals surface area contributed by atoms with Crippen molar-refractivity contribution in [1.29, 1.82) is 0 Å². The topological polar surface area (TPSA) is 106 Å². The first kappa shape index (κ1) is 22.7. The number of aliphatic carboxylic acids is 1. The molecule has 0 aliphatic carbocycles. The molecule has 1 aromatic heterocycles. The Labute approximate surface area is 182 Å². The van der Waals surface area contributed by atoms with Crippen LogP contribution in [-0.2, 0) is 27.8 Å². The molecule has 2 aromatic carbocycles. The first-order valence-electron chi connectivity index (χ1n) is 10.0. The zero-order valence-electron chi connectivity index (χ0n) is 17.8. The third-order valence-electron chi connectivity index (χ3n) is 4.87. The van der Waals surface area contributed by atoms with Crippen molar-refractivity contribution in [1.82, 2.24) is 4.98 Å². The molecule has 0 unspecified atom stereocenters. The predicted molar refractivity (Wildman–Crippen MR) is 119 cm³/mol. The van der Waals surface area contributed by atoms with Crippen LogP contribution in [-0.4, -0.2) is 36.3 Å². The fourth-order valence-electron chi connectivity index (χ4n) is 3.24. The van der Waals surface area contributed by atoms with Crippen LogP contribution in [0.4, 0.5) is 0 Å². The molecule has 3 aromatic rings. The molecule has 0 amide bonds. The van der Waals surface area contributed by atoms with E-state index in [0.29, 0.717) is 11.5 Å². The van der Waals surface area contributed by atoms with Crippen LogP contribution in [0.5, 0.6) is 11.5 Å². The van der Waals surface area contributed by atoms with E-state index in [1.54, 1.807) is 24.3 Å². The molecule has 0 bridgehead atoms. The van der Waals surface area contributed by atoms with Crippen LogP contribution in [0.25, 0.3) is 10.9 Å². The number of aromatic nitrogens is 1. The van der Waals surface area contributed by atoms with E-state index in [9.17, 15) is 13.2 Å². The largest absolute Gasteiger partial charge is 0.478 e. The van der Waals surface area contributed by atoms with Crippen LogP contribution in [0.2, 0.25) is 0 Å². The summed E-state index contributed by atoms with van der Waals surface area (Å²) in [5.41, 5.74) is 1.93. The standard InChI is InChI=1S/C23H27NO6S/c1-23(2,22(25)26)29-19-10-8-16(9-11-19)6-4-5-7-18-14-17-15-20(30-31(3,27)28)12-13-21(17)24-18/h8-15,24H,4-7H2,1-3H3,(H,25,26). The molecule has 1 heterocycles. The quantitative estimate of drug-likeness (QED) is 0.356. The zero-order valence-corrected chi connectivity index (χ0v) is 18.7. The summed E-state index contributed by atoms with van der Waals surface area (Å²) in [7, 11) is -3.54. The van der Waals surface area contributed by atoms with Gasteiger partial charge in [-0.1, -0.05) is 12.1 Å². The van der Waals surface area contributed by atoms with Crippen molar-refractivity contribution in [2.45, 2.75) is 45.1 Å². The summed E-state index contributed by atoms with van der Waals surface area (Å²) in [4.78, 5) is 14.5. The Morgan fingerprint density at radius 3 is 2.29 bits per heavy atom. The summed E-state index contributed by atoms with van der Waals surface area (Å²) in [6.07, 6.45) is 4.81. The highest BCUT2D eigenvalue weighted by Gasteiger charge is 2.29. The number of unbranched alkanes of at least 4 members (excludes halogenated alkanes) is 1. The van der Waals surface area contributed by atoms with Gasteiger partial charge in [-0.05, 0) is 81.5 Å². The molecule has 166 valence electrons. The van der Waals surface area contributed by atoms with Crippen molar-refractivity contribution in [2.75, 3.05) is 6.26 Å². The number of aromatic amines is 1. The number of H-pyrrole nitrogens is 1. The molecule has 0 aliphatic rings. The Kier molecular flexibility index (Phi) is 6.59. The van der Waals surface area contributed by atoms with Gasteiger partial charge in [-0.25, -0.2) is 4.79 Å². The van der Waals surface area contributed by atoms with Gasteiger partial charge in [-0.3, -0.25) is 0 Å². The molecule has 0 aliphatic heterocycles. The van der Waals surface area contributed by atoms with Gasteiger partial charge in [0.2, 0.25) is 0 Å². The smallest absolute Gasteiger partial charge is 0.347 e. The van der Waals surface area contributed by atoms with E-state index in [1.165, 1.54) is 19.4 Å². The third kappa shape index (κ3) is 6.49. The lowest BCUT2D eigenvalue weighted by molar-refractivity contribution is -0.152. The Balaban J connectivity index is 1.50. The van der Waals surface area contributed by atoms with Crippen LogP contribution in [0, 0.1) is 0 Å². The predicted octanol–water partition coefficient (Wildman–Crippen LogP) is 4.31. The second-order valence-corrected chi connectivity index (χ2v) is 9.67. The molecule has 0 saturated heterocycles. The van der Waals surface area contributed by atoms with E-state index in [0.717, 1.165) is 48.5 Å². The van der Waals surface area contributed by atoms with Crippen molar-refractivity contribution in [3.8, 4) is 11.5 Å². The fraction of sp³-hybridized carbons (Fsp3) is 0.348. The average Bonchev–Trinajstić information content (AvgIpc) is 3.07. The molecule has 7 nitrogen and oxygen atoms in total. The van der Waals surface area contributed by atoms with Gasteiger partial charge in [0.1, 0.15) is 11.5 Å². The Morgan fingerprint density at radius 1 is 1.00 bits per heavy atom. The highest BCUT2D eigenvalue weighted by Crippen LogP contribution is 2.24. The number of aryl methyl sites for hydroxylation is 2. The molecule has 2 N–H and O–H groups in total. The lowest BCUT2D eigenvalue weighted by Gasteiger charge is -2.21. The summed E-state index contributed by atoms with van der Waals surface area (Å²) >= 11 is 0. The average molecular weight is 446 g/mol. The van der Waals surface area contributed by atoms with E-state index in [4.69, 9.17) is 14.0 Å². The van der Waals surface area contributed by atoms with E-state index < -0.39 is 21.7 Å². The van der Waals surface area contributed by atoms with Gasteiger partial charge in [-0.15, -0.1) is 0 Å². The first-order valence-corrected chi connectivity index (χ1v) is 11.9. The highest BCUT2D eigenvalue weighted by molar-refractivity contribution is 7.86. The summed E-state index contributed by atoms with van der Waals surface area (Å²) in [5.74, 6) is -0.166. The number of hydrogen-bond acceptors (Lipinski definition) is 5. The lowest BCUT2D eigenvalue weighted by Crippen LogP contribution is -2.37. The van der Waals surface area contributed by atoms with Crippen molar-refractivity contribution < 1.29 is 27.2 Å². The molecular weight excluding hydrogens is 418 g/mol. The SMILES string of the molecule is CC(C)(Oc1ccc(CCCCc2cc3cc(OS(C)(=O)=O)ccc3[nH]2)cc1)C(=O)O. The van der Waals surface area contributed by atoms with Crippen molar-refractivity contribution in [3.05, 3.63) is 59.8 Å². The second-order valence-electron chi connectivity index (χ2n) is 8.10. The number of rotatable bonds is 10. The number of benzene rings is 2. The minimum atomic E-state index is -3.54.